The van der Waals surface area contributed by atoms with Gasteiger partial charge in [-0.2, -0.15) is 0 Å². The molecule has 0 radical (unpaired) electrons. The van der Waals surface area contributed by atoms with E-state index >= 15 is 0 Å². The van der Waals surface area contributed by atoms with Crippen LogP contribution in [0.2, 0.25) is 0 Å². The zero-order valence-corrected chi connectivity index (χ0v) is 8.19. The van der Waals surface area contributed by atoms with E-state index in [9.17, 15) is 9.90 Å². The van der Waals surface area contributed by atoms with E-state index in [0.717, 1.165) is 12.8 Å². The fourth-order valence-corrected chi connectivity index (χ4v) is 2.31. The van der Waals surface area contributed by atoms with Gasteiger partial charge in [0.2, 0.25) is 0 Å². The van der Waals surface area contributed by atoms with Crippen LogP contribution in [0.1, 0.15) is 32.1 Å². The van der Waals surface area contributed by atoms with Crippen LogP contribution in [0, 0.1) is 5.92 Å². The monoisotopic (exact) mass is 196 g/mol. The Balaban J connectivity index is 1.90. The minimum absolute atomic E-state index is 0.310. The molecule has 3 nitrogen and oxygen atoms in total. The standard InChI is InChI=1S/C11H16O3/c12-10-7-6-9(14-10)11(13)8-4-2-1-3-5-8/h6-9,11,13H,1-5H2/t9-,11+/m0/s1. The second-order valence-electron chi connectivity index (χ2n) is 4.15. The Morgan fingerprint density at radius 1 is 1.36 bits per heavy atom. The fraction of sp³-hybridized carbons (Fsp3) is 0.727. The number of carbonyl (C=O) groups excluding carboxylic acids is 1. The molecule has 0 unspecified atom stereocenters. The molecule has 1 N–H and O–H groups in total. The Kier molecular flexibility index (Phi) is 2.87. The van der Waals surface area contributed by atoms with E-state index in [2.05, 4.69) is 0 Å². The number of ether oxygens (including phenoxy) is 1. The SMILES string of the molecule is O=C1C=C[C@@H]([C@H](O)C2CCCCC2)O1. The molecule has 14 heavy (non-hydrogen) atoms. The lowest BCUT2D eigenvalue weighted by molar-refractivity contribution is -0.144. The first-order chi connectivity index (χ1) is 6.77. The molecule has 0 aromatic rings. The summed E-state index contributed by atoms with van der Waals surface area (Å²) in [5.74, 6) is -0.0193. The average molecular weight is 196 g/mol. The second-order valence-corrected chi connectivity index (χ2v) is 4.15. The number of esters is 1. The van der Waals surface area contributed by atoms with Crippen molar-refractivity contribution in [1.82, 2.24) is 0 Å². The summed E-state index contributed by atoms with van der Waals surface area (Å²) in [5.41, 5.74) is 0. The van der Waals surface area contributed by atoms with E-state index in [1.54, 1.807) is 6.08 Å². The number of rotatable bonds is 2. The van der Waals surface area contributed by atoms with E-state index in [1.807, 2.05) is 0 Å². The van der Waals surface area contributed by atoms with Crippen molar-refractivity contribution in [2.24, 2.45) is 5.92 Å². The van der Waals surface area contributed by atoms with Gasteiger partial charge in [-0.3, -0.25) is 0 Å². The van der Waals surface area contributed by atoms with Crippen LogP contribution in [0.5, 0.6) is 0 Å². The summed E-state index contributed by atoms with van der Waals surface area (Å²) in [4.78, 5) is 10.8. The van der Waals surface area contributed by atoms with Gasteiger partial charge in [-0.15, -0.1) is 0 Å². The molecule has 1 aliphatic carbocycles. The first-order valence-corrected chi connectivity index (χ1v) is 5.34. The highest BCUT2D eigenvalue weighted by Crippen LogP contribution is 2.29. The number of hydrogen-bond acceptors (Lipinski definition) is 3. The summed E-state index contributed by atoms with van der Waals surface area (Å²) >= 11 is 0. The predicted octanol–water partition coefficient (Wildman–Crippen LogP) is 1.41. The maximum Gasteiger partial charge on any atom is 0.331 e. The Morgan fingerprint density at radius 2 is 2.07 bits per heavy atom. The molecule has 78 valence electrons. The second kappa shape index (κ2) is 4.13. The van der Waals surface area contributed by atoms with Gasteiger partial charge in [0.1, 0.15) is 6.10 Å². The molecule has 1 saturated carbocycles. The summed E-state index contributed by atoms with van der Waals surface area (Å²) < 4.78 is 4.98. The molecule has 1 heterocycles. The van der Waals surface area contributed by atoms with Crippen LogP contribution in [0.25, 0.3) is 0 Å². The van der Waals surface area contributed by atoms with Gasteiger partial charge in [0, 0.05) is 6.08 Å². The van der Waals surface area contributed by atoms with E-state index in [0.29, 0.717) is 5.92 Å². The van der Waals surface area contributed by atoms with Gasteiger partial charge >= 0.3 is 5.97 Å². The third-order valence-corrected chi connectivity index (χ3v) is 3.14. The van der Waals surface area contributed by atoms with Crippen LogP contribution in [0.3, 0.4) is 0 Å². The van der Waals surface area contributed by atoms with Crippen LogP contribution in [-0.4, -0.2) is 23.3 Å². The van der Waals surface area contributed by atoms with Gasteiger partial charge in [-0.25, -0.2) is 4.79 Å². The highest BCUT2D eigenvalue weighted by molar-refractivity contribution is 5.84. The summed E-state index contributed by atoms with van der Waals surface area (Å²) in [5, 5.41) is 9.96. The predicted molar refractivity (Wildman–Crippen MR) is 51.6 cm³/mol. The average Bonchev–Trinajstić information content (AvgIpc) is 2.65. The fourth-order valence-electron chi connectivity index (χ4n) is 2.31. The molecule has 1 fully saturated rings. The molecule has 3 heteroatoms. The van der Waals surface area contributed by atoms with Crippen LogP contribution in [0.4, 0.5) is 0 Å². The van der Waals surface area contributed by atoms with Crippen LogP contribution in [0.15, 0.2) is 12.2 Å². The Bertz CT molecular complexity index is 241. The van der Waals surface area contributed by atoms with Crippen molar-refractivity contribution in [1.29, 1.82) is 0 Å². The highest BCUT2D eigenvalue weighted by atomic mass is 16.6. The molecule has 1 aliphatic heterocycles. The van der Waals surface area contributed by atoms with Crippen molar-refractivity contribution in [2.75, 3.05) is 0 Å². The van der Waals surface area contributed by atoms with Crippen LogP contribution < -0.4 is 0 Å². The molecule has 2 atom stereocenters. The summed E-state index contributed by atoms with van der Waals surface area (Å²) in [7, 11) is 0. The number of aliphatic hydroxyl groups excluding tert-OH is 1. The first kappa shape index (κ1) is 9.71. The molecule has 2 rings (SSSR count). The third kappa shape index (κ3) is 1.98. The maximum atomic E-state index is 10.8. The topological polar surface area (TPSA) is 46.5 Å². The third-order valence-electron chi connectivity index (χ3n) is 3.14. The molecule has 0 spiro atoms. The van der Waals surface area contributed by atoms with E-state index < -0.39 is 12.2 Å². The Morgan fingerprint density at radius 3 is 2.64 bits per heavy atom. The number of hydrogen-bond donors (Lipinski definition) is 1. The van der Waals surface area contributed by atoms with Gasteiger partial charge in [-0.1, -0.05) is 19.3 Å². The van der Waals surface area contributed by atoms with Gasteiger partial charge in [-0.05, 0) is 24.8 Å². The smallest absolute Gasteiger partial charge is 0.331 e. The largest absolute Gasteiger partial charge is 0.452 e. The van der Waals surface area contributed by atoms with Crippen molar-refractivity contribution < 1.29 is 14.6 Å². The highest BCUT2D eigenvalue weighted by Gasteiger charge is 2.31. The molecule has 2 aliphatic rings. The molecular formula is C11H16O3. The van der Waals surface area contributed by atoms with Crippen molar-refractivity contribution in [3.63, 3.8) is 0 Å². The van der Waals surface area contributed by atoms with Crippen molar-refractivity contribution in [3.8, 4) is 0 Å². The van der Waals surface area contributed by atoms with Gasteiger partial charge in [0.15, 0.2) is 0 Å². The quantitative estimate of drug-likeness (QED) is 0.679. The minimum atomic E-state index is -0.502. The normalized spacial score (nSPS) is 30.4. The Hall–Kier alpha value is -0.830. The Labute approximate surface area is 83.8 Å². The summed E-state index contributed by atoms with van der Waals surface area (Å²) in [6.45, 7) is 0. The molecule has 0 bridgehead atoms. The summed E-state index contributed by atoms with van der Waals surface area (Å²) in [6, 6.07) is 0. The molecule has 0 aromatic heterocycles. The number of carbonyl (C=O) groups is 1. The zero-order chi connectivity index (χ0) is 9.97. The van der Waals surface area contributed by atoms with Gasteiger partial charge < -0.3 is 9.84 Å². The molecular weight excluding hydrogens is 180 g/mol. The van der Waals surface area contributed by atoms with Crippen molar-refractivity contribution in [3.05, 3.63) is 12.2 Å². The van der Waals surface area contributed by atoms with Gasteiger partial charge in [0.25, 0.3) is 0 Å². The molecule has 0 amide bonds. The van der Waals surface area contributed by atoms with Crippen LogP contribution in [-0.2, 0) is 9.53 Å². The van der Waals surface area contributed by atoms with E-state index in [1.165, 1.54) is 25.3 Å². The lowest BCUT2D eigenvalue weighted by Gasteiger charge is -2.28. The van der Waals surface area contributed by atoms with Gasteiger partial charge in [0.05, 0.1) is 6.10 Å². The maximum absolute atomic E-state index is 10.8. The lowest BCUT2D eigenvalue weighted by Crippen LogP contribution is -2.34. The van der Waals surface area contributed by atoms with E-state index in [4.69, 9.17) is 4.74 Å². The summed E-state index contributed by atoms with van der Waals surface area (Å²) in [6.07, 6.45) is 7.93. The van der Waals surface area contributed by atoms with Crippen LogP contribution >= 0.6 is 0 Å². The van der Waals surface area contributed by atoms with Crippen molar-refractivity contribution >= 4 is 5.97 Å². The zero-order valence-electron chi connectivity index (χ0n) is 8.19. The molecule has 0 aromatic carbocycles. The number of cyclic esters (lactones) is 1. The first-order valence-electron chi connectivity index (χ1n) is 5.34. The number of aliphatic hydroxyl groups is 1. The van der Waals surface area contributed by atoms with Crippen molar-refractivity contribution in [2.45, 2.75) is 44.3 Å². The lowest BCUT2D eigenvalue weighted by atomic mass is 9.83. The minimum Gasteiger partial charge on any atom is -0.452 e. The van der Waals surface area contributed by atoms with E-state index in [-0.39, 0.29) is 5.97 Å². The molecule has 0 saturated heterocycles.